The third-order valence-electron chi connectivity index (χ3n) is 0.411. The molecule has 0 heterocycles. The van der Waals surface area contributed by atoms with E-state index in [0.717, 1.165) is 0 Å². The predicted octanol–water partition coefficient (Wildman–Crippen LogP) is 0.428. The van der Waals surface area contributed by atoms with Crippen LogP contribution in [0.15, 0.2) is 0 Å². The number of carbonyl (C=O) groups is 1. The Bertz CT molecular complexity index is 91.9. The molecule has 0 aliphatic heterocycles. The zero-order chi connectivity index (χ0) is 11.1. The minimum absolute atomic E-state index is 0. The SMILES string of the molecule is O=C([OH2+])C[SH2+].[Cr+3].[NH-]CC[NH-].[NH-]CC[NH-]. The molecule has 0 spiro atoms. The van der Waals surface area contributed by atoms with Gasteiger partial charge in [0.25, 0.3) is 5.75 Å². The normalized spacial score (nSPS) is 6.93. The van der Waals surface area contributed by atoms with Gasteiger partial charge in [-0.05, 0) is 12.6 Å². The van der Waals surface area contributed by atoms with E-state index in [1.807, 2.05) is 0 Å². The van der Waals surface area contributed by atoms with E-state index in [4.69, 9.17) is 28.0 Å². The van der Waals surface area contributed by atoms with E-state index in [-0.39, 0.29) is 49.3 Å². The Labute approximate surface area is 101 Å². The van der Waals surface area contributed by atoms with Crippen molar-refractivity contribution in [3.8, 4) is 0 Å². The van der Waals surface area contributed by atoms with E-state index < -0.39 is 5.97 Å². The molecule has 1 radical (unpaired) electrons. The van der Waals surface area contributed by atoms with Gasteiger partial charge in [-0.2, -0.15) is 26.2 Å². The zero-order valence-corrected chi connectivity index (χ0v) is 10.1. The maximum Gasteiger partial charge on any atom is 3.00 e. The maximum absolute atomic E-state index is 9.43. The van der Waals surface area contributed by atoms with Crippen molar-refractivity contribution in [2.45, 2.75) is 0 Å². The van der Waals surface area contributed by atoms with E-state index in [1.165, 1.54) is 0 Å². The van der Waals surface area contributed by atoms with Crippen LogP contribution in [0, 0.1) is 0 Å². The van der Waals surface area contributed by atoms with Gasteiger partial charge in [0.15, 0.2) is 0 Å². The molecule has 0 aromatic rings. The second-order valence-corrected chi connectivity index (χ2v) is 1.95. The van der Waals surface area contributed by atoms with Crippen LogP contribution in [0.5, 0.6) is 0 Å². The molecule has 0 aromatic carbocycles. The summed E-state index contributed by atoms with van der Waals surface area (Å²) in [5.74, 6) is -0.443. The topological polar surface area (TPSA) is 135 Å². The summed E-state index contributed by atoms with van der Waals surface area (Å²) < 4.78 is 0. The van der Waals surface area contributed by atoms with Gasteiger partial charge in [0.05, 0.1) is 0 Å². The smallest absolute Gasteiger partial charge is 0.679 e. The van der Waals surface area contributed by atoms with Gasteiger partial charge < -0.3 is 28.0 Å². The fourth-order valence-corrected chi connectivity index (χ4v) is 0. The molecule has 0 rings (SSSR count). The van der Waals surface area contributed by atoms with Crippen molar-refractivity contribution >= 4 is 18.6 Å². The van der Waals surface area contributed by atoms with Gasteiger partial charge in [0.1, 0.15) is 0 Å². The second-order valence-electron chi connectivity index (χ2n) is 1.60. The fraction of sp³-hybridized carbons (Fsp3) is 0.833. The Morgan fingerprint density at radius 1 is 1.00 bits per heavy atom. The van der Waals surface area contributed by atoms with Crippen LogP contribution >= 0.6 is 0 Å². The summed E-state index contributed by atoms with van der Waals surface area (Å²) in [5.41, 5.74) is 25.1. The third-order valence-corrected chi connectivity index (χ3v) is 0.732. The van der Waals surface area contributed by atoms with Gasteiger partial charge in [0.2, 0.25) is 0 Å². The van der Waals surface area contributed by atoms with E-state index >= 15 is 0 Å². The average Bonchev–Trinajstić information content (AvgIpc) is 2.18. The van der Waals surface area contributed by atoms with E-state index in [0.29, 0.717) is 0 Å². The van der Waals surface area contributed by atoms with Gasteiger partial charge >= 0.3 is 23.3 Å². The van der Waals surface area contributed by atoms with Gasteiger partial charge in [-0.25, -0.2) is 0 Å². The summed E-state index contributed by atoms with van der Waals surface area (Å²) in [7, 11) is 0. The molecule has 0 aromatic heterocycles. The summed E-state index contributed by atoms with van der Waals surface area (Å²) in [6, 6.07) is 0. The number of nitrogens with one attached hydrogen (secondary N) is 4. The molecule has 0 amide bonds. The first kappa shape index (κ1) is 23.8. The number of hydrogen-bond donors (Lipinski definition) is 0. The summed E-state index contributed by atoms with van der Waals surface area (Å²) in [5, 5.41) is 6.14. The maximum atomic E-state index is 9.43. The quantitative estimate of drug-likeness (QED) is 0.669. The van der Waals surface area contributed by atoms with Crippen molar-refractivity contribution in [2.24, 2.45) is 0 Å². The van der Waals surface area contributed by atoms with E-state index in [9.17, 15) is 4.79 Å². The standard InChI is InChI=1S/2C2H6N2.C2H4O2S.Cr/c2*3-1-2-4;3-2(4)1-5;/h2*3-4H,1-2H2;5H,1H2,(H,3,4);/q2*-2;;+3/p+2. The molecule has 6 N–H and O–H groups in total. The molecule has 8 heteroatoms. The van der Waals surface area contributed by atoms with Crippen LogP contribution < -0.4 is 0 Å². The van der Waals surface area contributed by atoms with Crippen LogP contribution in [-0.2, 0) is 34.8 Å². The Balaban J connectivity index is -0.0000000522. The third kappa shape index (κ3) is 86.9. The van der Waals surface area contributed by atoms with Crippen molar-refractivity contribution in [3.05, 3.63) is 22.9 Å². The summed E-state index contributed by atoms with van der Waals surface area (Å²) in [6.07, 6.45) is 0. The molecule has 0 aliphatic rings. The molecule has 6 nitrogen and oxygen atoms in total. The molecule has 0 saturated carbocycles. The van der Waals surface area contributed by atoms with Crippen LogP contribution in [0.3, 0.4) is 0 Å². The molecule has 0 atom stereocenters. The first-order chi connectivity index (χ1) is 6.10. The van der Waals surface area contributed by atoms with Crippen molar-refractivity contribution in [2.75, 3.05) is 31.9 Å². The number of hydrogen-bond acceptors (Lipinski definition) is 1. The van der Waals surface area contributed by atoms with Gasteiger partial charge in [-0.15, -0.1) is 0 Å². The monoisotopic (exact) mass is 262 g/mol. The van der Waals surface area contributed by atoms with Crippen LogP contribution in [0.1, 0.15) is 0 Å². The number of rotatable bonds is 3. The minimum Gasteiger partial charge on any atom is -0.679 e. The van der Waals surface area contributed by atoms with Gasteiger partial charge in [0, 0.05) is 4.79 Å². The van der Waals surface area contributed by atoms with Crippen LogP contribution in [0.25, 0.3) is 22.9 Å². The molecule has 0 aliphatic carbocycles. The molecule has 0 bridgehead atoms. The summed E-state index contributed by atoms with van der Waals surface area (Å²) in [4.78, 5) is 9.43. The first-order valence-electron chi connectivity index (χ1n) is 3.58. The van der Waals surface area contributed by atoms with E-state index in [2.05, 4.69) is 12.6 Å². The molecular weight excluding hydrogens is 244 g/mol. The minimum atomic E-state index is -0.582. The van der Waals surface area contributed by atoms with Crippen LogP contribution in [0.4, 0.5) is 0 Å². The molecule has 0 fully saturated rings. The average molecular weight is 262 g/mol. The zero-order valence-electron chi connectivity index (χ0n) is 7.85. The van der Waals surface area contributed by atoms with Gasteiger partial charge in [-0.1, -0.05) is 0 Å². The van der Waals surface area contributed by atoms with Crippen LogP contribution in [0.2, 0.25) is 0 Å². The summed E-state index contributed by atoms with van der Waals surface area (Å²) in [6.45, 7) is 0.944. The van der Waals surface area contributed by atoms with Crippen molar-refractivity contribution in [1.82, 2.24) is 0 Å². The van der Waals surface area contributed by atoms with Crippen molar-refractivity contribution in [1.29, 1.82) is 0 Å². The van der Waals surface area contributed by atoms with E-state index in [1.54, 1.807) is 0 Å². The Morgan fingerprint density at radius 3 is 1.14 bits per heavy atom. The molecule has 14 heavy (non-hydrogen) atoms. The predicted molar refractivity (Wildman–Crippen MR) is 60.4 cm³/mol. The van der Waals surface area contributed by atoms with Gasteiger partial charge in [-0.3, -0.25) is 0 Å². The number of carbonyl (C=O) groups excluding carboxylic acids is 1. The van der Waals surface area contributed by atoms with Crippen molar-refractivity contribution < 1.29 is 27.3 Å². The molecular formula is C6H18CrN4O2S+. The summed E-state index contributed by atoms with van der Waals surface area (Å²) >= 11 is 2.82. The van der Waals surface area contributed by atoms with Crippen molar-refractivity contribution in [3.63, 3.8) is 0 Å². The second kappa shape index (κ2) is 29.2. The fourth-order valence-electron chi connectivity index (χ4n) is 0. The van der Waals surface area contributed by atoms with Crippen LogP contribution in [-0.4, -0.2) is 43.0 Å². The Hall–Kier alpha value is 0.192. The largest absolute Gasteiger partial charge is 3.00 e. The Morgan fingerprint density at radius 2 is 1.14 bits per heavy atom. The molecule has 0 saturated heterocycles. The molecule has 0 unspecified atom stereocenters. The first-order valence-corrected chi connectivity index (χ1v) is 4.28. The molecule has 85 valence electrons. The Kier molecular flexibility index (Phi) is 49.6.